The number of aromatic nitrogens is 1. The molecule has 4 nitrogen and oxygen atoms in total. The van der Waals surface area contributed by atoms with E-state index in [4.69, 9.17) is 0 Å². The molecule has 2 heterocycles. The number of thioether (sulfide) groups is 1. The lowest BCUT2D eigenvalue weighted by Crippen LogP contribution is -2.24. The van der Waals surface area contributed by atoms with E-state index in [-0.39, 0.29) is 16.9 Å². The Hall–Kier alpha value is -0.920. The van der Waals surface area contributed by atoms with Gasteiger partial charge in [-0.25, -0.2) is 4.98 Å². The van der Waals surface area contributed by atoms with Crippen molar-refractivity contribution in [1.29, 1.82) is 0 Å². The van der Waals surface area contributed by atoms with Gasteiger partial charge in [0.25, 0.3) is 0 Å². The van der Waals surface area contributed by atoms with Gasteiger partial charge in [0.1, 0.15) is 0 Å². The molecule has 1 aromatic carbocycles. The van der Waals surface area contributed by atoms with Crippen LogP contribution in [-0.2, 0) is 9.59 Å². The summed E-state index contributed by atoms with van der Waals surface area (Å²) in [6.07, 6.45) is 0.500. The van der Waals surface area contributed by atoms with Crippen molar-refractivity contribution in [3.63, 3.8) is 0 Å². The Bertz CT molecular complexity index is 716. The minimum atomic E-state index is 0.0993. The van der Waals surface area contributed by atoms with Crippen LogP contribution >= 0.6 is 39.0 Å². The second-order valence-electron chi connectivity index (χ2n) is 4.99. The predicted octanol–water partition coefficient (Wildman–Crippen LogP) is 3.69. The number of benzene rings is 1. The van der Waals surface area contributed by atoms with Gasteiger partial charge in [-0.15, -0.1) is 0 Å². The van der Waals surface area contributed by atoms with Gasteiger partial charge in [0.05, 0.1) is 10.2 Å². The highest BCUT2D eigenvalue weighted by Crippen LogP contribution is 2.34. The summed E-state index contributed by atoms with van der Waals surface area (Å²) in [7, 11) is 0. The first-order chi connectivity index (χ1) is 10.0. The molecule has 1 amide bonds. The van der Waals surface area contributed by atoms with Crippen molar-refractivity contribution in [3.8, 4) is 0 Å². The molecule has 1 fully saturated rings. The Balaban J connectivity index is 1.79. The zero-order valence-electron chi connectivity index (χ0n) is 11.3. The molecule has 0 bridgehead atoms. The number of amides is 1. The standard InChI is InChI=1S/C14H13BrN2O2S2/c1-8(18)20-7-9-4-13(19)17(6-9)14-16-11-3-2-10(15)5-12(11)21-14/h2-3,5,9H,4,6-7H2,1H3. The summed E-state index contributed by atoms with van der Waals surface area (Å²) in [5.74, 6) is 1.03. The summed E-state index contributed by atoms with van der Waals surface area (Å²) in [6, 6.07) is 5.91. The molecule has 1 aromatic heterocycles. The summed E-state index contributed by atoms with van der Waals surface area (Å²) in [5, 5.41) is 0.856. The van der Waals surface area contributed by atoms with E-state index in [1.54, 1.807) is 11.8 Å². The lowest BCUT2D eigenvalue weighted by atomic mass is 10.1. The normalized spacial score (nSPS) is 18.7. The van der Waals surface area contributed by atoms with E-state index in [1.165, 1.54) is 23.1 Å². The maximum Gasteiger partial charge on any atom is 0.229 e. The van der Waals surface area contributed by atoms with Gasteiger partial charge in [-0.1, -0.05) is 39.0 Å². The van der Waals surface area contributed by atoms with Crippen LogP contribution in [0.3, 0.4) is 0 Å². The zero-order valence-corrected chi connectivity index (χ0v) is 14.6. The van der Waals surface area contributed by atoms with Crippen LogP contribution in [0.4, 0.5) is 5.13 Å². The van der Waals surface area contributed by atoms with Crippen molar-refractivity contribution in [2.24, 2.45) is 5.92 Å². The highest BCUT2D eigenvalue weighted by Gasteiger charge is 2.32. The first-order valence-electron chi connectivity index (χ1n) is 6.53. The summed E-state index contributed by atoms with van der Waals surface area (Å²) >= 11 is 6.27. The number of halogens is 1. The van der Waals surface area contributed by atoms with Crippen LogP contribution in [0.2, 0.25) is 0 Å². The molecule has 7 heteroatoms. The van der Waals surface area contributed by atoms with Crippen molar-refractivity contribution in [2.45, 2.75) is 13.3 Å². The van der Waals surface area contributed by atoms with Crippen LogP contribution < -0.4 is 4.90 Å². The van der Waals surface area contributed by atoms with E-state index in [1.807, 2.05) is 18.2 Å². The fraction of sp³-hybridized carbons (Fsp3) is 0.357. The number of carbonyl (C=O) groups is 2. The van der Waals surface area contributed by atoms with Crippen LogP contribution in [-0.4, -0.2) is 28.3 Å². The van der Waals surface area contributed by atoms with Gasteiger partial charge in [-0.05, 0) is 24.1 Å². The van der Waals surface area contributed by atoms with Crippen LogP contribution in [0, 0.1) is 5.92 Å². The van der Waals surface area contributed by atoms with Gasteiger partial charge in [0.15, 0.2) is 10.2 Å². The lowest BCUT2D eigenvalue weighted by molar-refractivity contribution is -0.117. The maximum atomic E-state index is 12.2. The number of hydrogen-bond donors (Lipinski definition) is 0. The van der Waals surface area contributed by atoms with Crippen molar-refractivity contribution < 1.29 is 9.59 Å². The SMILES string of the molecule is CC(=O)SCC1CC(=O)N(c2nc3ccc(Br)cc3s2)C1. The number of fused-ring (bicyclic) bond motifs is 1. The van der Waals surface area contributed by atoms with Crippen LogP contribution in [0.5, 0.6) is 0 Å². The molecule has 1 atom stereocenters. The molecular weight excluding hydrogens is 372 g/mol. The van der Waals surface area contributed by atoms with E-state index in [2.05, 4.69) is 20.9 Å². The summed E-state index contributed by atoms with van der Waals surface area (Å²) in [5.41, 5.74) is 0.910. The molecule has 3 rings (SSSR count). The van der Waals surface area contributed by atoms with Crippen LogP contribution in [0.15, 0.2) is 22.7 Å². The van der Waals surface area contributed by atoms with Crippen LogP contribution in [0.25, 0.3) is 10.2 Å². The van der Waals surface area contributed by atoms with E-state index in [9.17, 15) is 9.59 Å². The number of nitrogens with zero attached hydrogens (tertiary/aromatic N) is 2. The Kier molecular flexibility index (Phi) is 4.33. The highest BCUT2D eigenvalue weighted by molar-refractivity contribution is 9.10. The first-order valence-corrected chi connectivity index (χ1v) is 9.12. The average molecular weight is 385 g/mol. The van der Waals surface area contributed by atoms with E-state index >= 15 is 0 Å². The third-order valence-electron chi connectivity index (χ3n) is 3.30. The molecule has 1 aliphatic rings. The largest absolute Gasteiger partial charge is 0.288 e. The summed E-state index contributed by atoms with van der Waals surface area (Å²) in [4.78, 5) is 29.5. The Labute approximate surface area is 139 Å². The van der Waals surface area contributed by atoms with Gasteiger partial charge < -0.3 is 0 Å². The Morgan fingerprint density at radius 3 is 3.14 bits per heavy atom. The smallest absolute Gasteiger partial charge is 0.229 e. The topological polar surface area (TPSA) is 50.3 Å². The van der Waals surface area contributed by atoms with E-state index in [0.29, 0.717) is 18.7 Å². The molecule has 110 valence electrons. The highest BCUT2D eigenvalue weighted by atomic mass is 79.9. The van der Waals surface area contributed by atoms with Gasteiger partial charge >= 0.3 is 0 Å². The molecule has 1 aliphatic heterocycles. The number of carbonyl (C=O) groups excluding carboxylic acids is 2. The summed E-state index contributed by atoms with van der Waals surface area (Å²) < 4.78 is 2.07. The zero-order chi connectivity index (χ0) is 15.0. The molecule has 0 spiro atoms. The molecule has 21 heavy (non-hydrogen) atoms. The molecule has 1 unspecified atom stereocenters. The van der Waals surface area contributed by atoms with Gasteiger partial charge in [0, 0.05) is 30.1 Å². The fourth-order valence-corrected chi connectivity index (χ4v) is 4.55. The minimum absolute atomic E-state index is 0.0993. The molecule has 2 aromatic rings. The Morgan fingerprint density at radius 2 is 2.38 bits per heavy atom. The third kappa shape index (κ3) is 3.30. The average Bonchev–Trinajstić information content (AvgIpc) is 2.99. The van der Waals surface area contributed by atoms with E-state index in [0.717, 1.165) is 19.8 Å². The molecular formula is C14H13BrN2O2S2. The van der Waals surface area contributed by atoms with E-state index < -0.39 is 0 Å². The summed E-state index contributed by atoms with van der Waals surface area (Å²) in [6.45, 7) is 2.21. The van der Waals surface area contributed by atoms with Crippen LogP contribution in [0.1, 0.15) is 13.3 Å². The maximum absolute atomic E-state index is 12.2. The second kappa shape index (κ2) is 6.06. The second-order valence-corrected chi connectivity index (χ2v) is 8.11. The number of hydrogen-bond acceptors (Lipinski definition) is 5. The third-order valence-corrected chi connectivity index (χ3v) is 5.88. The monoisotopic (exact) mass is 384 g/mol. The molecule has 0 radical (unpaired) electrons. The molecule has 0 aliphatic carbocycles. The molecule has 1 saturated heterocycles. The number of anilines is 1. The van der Waals surface area contributed by atoms with Crippen molar-refractivity contribution in [2.75, 3.05) is 17.2 Å². The van der Waals surface area contributed by atoms with Gasteiger partial charge in [-0.3, -0.25) is 14.5 Å². The van der Waals surface area contributed by atoms with Crippen molar-refractivity contribution in [1.82, 2.24) is 4.98 Å². The minimum Gasteiger partial charge on any atom is -0.288 e. The quantitative estimate of drug-likeness (QED) is 0.809. The molecule has 0 saturated carbocycles. The first kappa shape index (κ1) is 15.0. The predicted molar refractivity (Wildman–Crippen MR) is 90.9 cm³/mol. The Morgan fingerprint density at radius 1 is 1.57 bits per heavy atom. The van der Waals surface area contributed by atoms with Crippen molar-refractivity contribution in [3.05, 3.63) is 22.7 Å². The number of thiazole rings is 1. The van der Waals surface area contributed by atoms with Crippen molar-refractivity contribution >= 4 is 65.4 Å². The van der Waals surface area contributed by atoms with Gasteiger partial charge in [0.2, 0.25) is 5.91 Å². The number of rotatable bonds is 3. The molecule has 0 N–H and O–H groups in total. The fourth-order valence-electron chi connectivity index (χ4n) is 2.32. The lowest BCUT2D eigenvalue weighted by Gasteiger charge is -2.12. The van der Waals surface area contributed by atoms with Gasteiger partial charge in [-0.2, -0.15) is 0 Å².